The van der Waals surface area contributed by atoms with E-state index in [-0.39, 0.29) is 0 Å². The lowest BCUT2D eigenvalue weighted by Crippen LogP contribution is -2.12. The summed E-state index contributed by atoms with van der Waals surface area (Å²) in [4.78, 5) is 4.62. The van der Waals surface area contributed by atoms with Crippen LogP contribution >= 0.6 is 0 Å². The first-order valence-electron chi connectivity index (χ1n) is 2.22. The molecule has 1 N–H and O–H groups in total. The van der Waals surface area contributed by atoms with Crippen LogP contribution in [0.4, 0.5) is 0 Å². The van der Waals surface area contributed by atoms with Crippen LogP contribution in [-0.2, 0) is 4.84 Å². The van der Waals surface area contributed by atoms with Gasteiger partial charge in [-0.05, 0) is 12.8 Å². The van der Waals surface area contributed by atoms with Gasteiger partial charge in [-0.15, -0.1) is 0 Å². The monoisotopic (exact) mass is 87.1 g/mol. The molecule has 1 aliphatic rings. The van der Waals surface area contributed by atoms with Gasteiger partial charge in [0.1, 0.15) is 0 Å². The summed E-state index contributed by atoms with van der Waals surface area (Å²) in [6.45, 7) is 0. The normalized spacial score (nSPS) is 21.5. The summed E-state index contributed by atoms with van der Waals surface area (Å²) in [5.41, 5.74) is 2.82. The van der Waals surface area contributed by atoms with Gasteiger partial charge < -0.3 is 4.84 Å². The molecule has 2 heteroatoms. The molecule has 0 amide bonds. The maximum absolute atomic E-state index is 4.62. The second-order valence-electron chi connectivity index (χ2n) is 1.60. The highest BCUT2D eigenvalue weighted by Crippen LogP contribution is 2.17. The Labute approximate surface area is 37.4 Å². The zero-order valence-corrected chi connectivity index (χ0v) is 3.90. The van der Waals surface area contributed by atoms with Crippen molar-refractivity contribution in [3.63, 3.8) is 0 Å². The van der Waals surface area contributed by atoms with E-state index in [2.05, 4.69) is 10.3 Å². The average Bonchev–Trinajstić information content (AvgIpc) is 2.21. The highest BCUT2D eigenvalue weighted by atomic mass is 16.6. The highest BCUT2D eigenvalue weighted by molar-refractivity contribution is 4.76. The third-order valence-electron chi connectivity index (χ3n) is 0.862. The van der Waals surface area contributed by atoms with E-state index in [1.807, 2.05) is 0 Å². The Morgan fingerprint density at radius 2 is 2.33 bits per heavy atom. The minimum Gasteiger partial charge on any atom is -0.305 e. The molecule has 0 unspecified atom stereocenters. The molecule has 1 rings (SSSR count). The van der Waals surface area contributed by atoms with Gasteiger partial charge in [0.2, 0.25) is 0 Å². The molecular weight excluding hydrogens is 78.0 g/mol. The maximum Gasteiger partial charge on any atom is 0.0572 e. The molecule has 2 nitrogen and oxygen atoms in total. The Balaban J connectivity index is 1.88. The van der Waals surface area contributed by atoms with Crippen molar-refractivity contribution < 1.29 is 4.84 Å². The molecule has 0 radical (unpaired) electrons. The number of nitrogens with one attached hydrogen (secondary N) is 1. The van der Waals surface area contributed by atoms with Gasteiger partial charge >= 0.3 is 0 Å². The Kier molecular flexibility index (Phi) is 1.08. The predicted molar refractivity (Wildman–Crippen MR) is 23.2 cm³/mol. The Morgan fingerprint density at radius 3 is 2.50 bits per heavy atom. The van der Waals surface area contributed by atoms with Crippen molar-refractivity contribution in [2.45, 2.75) is 18.9 Å². The Hall–Kier alpha value is -0.0800. The average molecular weight is 87.1 g/mol. The molecule has 1 saturated carbocycles. The van der Waals surface area contributed by atoms with Crippen LogP contribution in [0.25, 0.3) is 0 Å². The van der Waals surface area contributed by atoms with E-state index < -0.39 is 0 Å². The molecule has 1 fully saturated rings. The van der Waals surface area contributed by atoms with Crippen molar-refractivity contribution in [2.24, 2.45) is 0 Å². The molecular formula is C4H9NO. The van der Waals surface area contributed by atoms with E-state index >= 15 is 0 Å². The van der Waals surface area contributed by atoms with Crippen LogP contribution in [0.1, 0.15) is 12.8 Å². The second kappa shape index (κ2) is 1.58. The summed E-state index contributed by atoms with van der Waals surface area (Å²) >= 11 is 0. The summed E-state index contributed by atoms with van der Waals surface area (Å²) in [7, 11) is 1.65. The molecule has 0 aromatic rings. The van der Waals surface area contributed by atoms with E-state index in [0.717, 1.165) is 0 Å². The minimum absolute atomic E-state index is 0.676. The summed E-state index contributed by atoms with van der Waals surface area (Å²) in [6, 6.07) is 0.676. The largest absolute Gasteiger partial charge is 0.305 e. The fourth-order valence-electron chi connectivity index (χ4n) is 0.368. The van der Waals surface area contributed by atoms with Gasteiger partial charge in [-0.2, -0.15) is 5.48 Å². The third kappa shape index (κ3) is 0.954. The lowest BCUT2D eigenvalue weighted by atomic mass is 10.8. The van der Waals surface area contributed by atoms with Gasteiger partial charge in [-0.1, -0.05) is 0 Å². The van der Waals surface area contributed by atoms with Crippen molar-refractivity contribution in [3.8, 4) is 0 Å². The minimum atomic E-state index is 0.676. The summed E-state index contributed by atoms with van der Waals surface area (Å²) in [6.07, 6.45) is 2.57. The molecule has 0 bridgehead atoms. The van der Waals surface area contributed by atoms with Crippen molar-refractivity contribution in [1.29, 1.82) is 0 Å². The lowest BCUT2D eigenvalue weighted by molar-refractivity contribution is 0.0863. The van der Waals surface area contributed by atoms with Gasteiger partial charge in [0.05, 0.1) is 7.11 Å². The molecule has 6 heavy (non-hydrogen) atoms. The van der Waals surface area contributed by atoms with Gasteiger partial charge in [0, 0.05) is 6.04 Å². The number of hydroxylamine groups is 1. The summed E-state index contributed by atoms with van der Waals surface area (Å²) in [5.74, 6) is 0. The molecule has 0 aliphatic heterocycles. The molecule has 36 valence electrons. The SMILES string of the molecule is CONC1CC1. The molecule has 0 aromatic heterocycles. The molecule has 0 saturated heterocycles. The Bertz CT molecular complexity index is 42.8. The fraction of sp³-hybridized carbons (Fsp3) is 1.00. The predicted octanol–water partition coefficient (Wildman–Crippen LogP) is 0.300. The number of hydrogen-bond donors (Lipinski definition) is 1. The van der Waals surface area contributed by atoms with Crippen molar-refractivity contribution in [1.82, 2.24) is 5.48 Å². The maximum atomic E-state index is 4.62. The lowest BCUT2D eigenvalue weighted by Gasteiger charge is -1.91. The first kappa shape index (κ1) is 4.09. The molecule has 1 aliphatic carbocycles. The smallest absolute Gasteiger partial charge is 0.0572 e. The van der Waals surface area contributed by atoms with Gasteiger partial charge in [0.25, 0.3) is 0 Å². The fourth-order valence-corrected chi connectivity index (χ4v) is 0.368. The van der Waals surface area contributed by atoms with Gasteiger partial charge in [0.15, 0.2) is 0 Å². The quantitative estimate of drug-likeness (QED) is 0.489. The van der Waals surface area contributed by atoms with E-state index in [1.165, 1.54) is 12.8 Å². The summed E-state index contributed by atoms with van der Waals surface area (Å²) in [5, 5.41) is 0. The van der Waals surface area contributed by atoms with Crippen LogP contribution in [0.5, 0.6) is 0 Å². The van der Waals surface area contributed by atoms with E-state index in [0.29, 0.717) is 6.04 Å². The zero-order chi connectivity index (χ0) is 4.41. The third-order valence-corrected chi connectivity index (χ3v) is 0.862. The van der Waals surface area contributed by atoms with Crippen LogP contribution in [0.3, 0.4) is 0 Å². The van der Waals surface area contributed by atoms with Crippen LogP contribution in [0.2, 0.25) is 0 Å². The molecule has 0 heterocycles. The van der Waals surface area contributed by atoms with Crippen LogP contribution < -0.4 is 5.48 Å². The van der Waals surface area contributed by atoms with E-state index in [4.69, 9.17) is 0 Å². The topological polar surface area (TPSA) is 21.3 Å². The molecule has 0 aromatic carbocycles. The second-order valence-corrected chi connectivity index (χ2v) is 1.60. The van der Waals surface area contributed by atoms with Crippen LogP contribution in [0, 0.1) is 0 Å². The zero-order valence-electron chi connectivity index (χ0n) is 3.90. The number of hydrogen-bond acceptors (Lipinski definition) is 2. The van der Waals surface area contributed by atoms with E-state index in [9.17, 15) is 0 Å². The van der Waals surface area contributed by atoms with Gasteiger partial charge in [-0.25, -0.2) is 0 Å². The van der Waals surface area contributed by atoms with Crippen molar-refractivity contribution >= 4 is 0 Å². The van der Waals surface area contributed by atoms with Crippen molar-refractivity contribution in [3.05, 3.63) is 0 Å². The highest BCUT2D eigenvalue weighted by Gasteiger charge is 2.19. The first-order valence-corrected chi connectivity index (χ1v) is 2.22. The van der Waals surface area contributed by atoms with Crippen molar-refractivity contribution in [2.75, 3.05) is 7.11 Å². The van der Waals surface area contributed by atoms with Crippen LogP contribution in [-0.4, -0.2) is 13.2 Å². The summed E-state index contributed by atoms with van der Waals surface area (Å²) < 4.78 is 0. The van der Waals surface area contributed by atoms with Gasteiger partial charge in [-0.3, -0.25) is 0 Å². The Morgan fingerprint density at radius 1 is 1.67 bits per heavy atom. The number of rotatable bonds is 2. The van der Waals surface area contributed by atoms with E-state index in [1.54, 1.807) is 7.11 Å². The standard InChI is InChI=1S/C4H9NO/c1-6-5-4-2-3-4/h4-5H,2-3H2,1H3. The molecule has 0 spiro atoms. The first-order chi connectivity index (χ1) is 2.93. The van der Waals surface area contributed by atoms with Crippen LogP contribution in [0.15, 0.2) is 0 Å². The molecule has 0 atom stereocenters.